The SMILES string of the molecule is CC(C)Oc1ccc(CN2CC(c3nc(-c4ccccc4)no3)CC2=O)cc1. The Kier molecular flexibility index (Phi) is 5.10. The van der Waals surface area contributed by atoms with Gasteiger partial charge >= 0.3 is 0 Å². The van der Waals surface area contributed by atoms with E-state index in [0.717, 1.165) is 16.9 Å². The highest BCUT2D eigenvalue weighted by Gasteiger charge is 2.34. The van der Waals surface area contributed by atoms with Crippen LogP contribution in [0.1, 0.15) is 37.6 Å². The molecule has 1 saturated heterocycles. The monoisotopic (exact) mass is 377 g/mol. The Labute approximate surface area is 164 Å². The van der Waals surface area contributed by atoms with Crippen LogP contribution in [0.2, 0.25) is 0 Å². The van der Waals surface area contributed by atoms with E-state index in [0.29, 0.717) is 31.2 Å². The molecule has 1 aromatic heterocycles. The van der Waals surface area contributed by atoms with Gasteiger partial charge in [0.15, 0.2) is 0 Å². The van der Waals surface area contributed by atoms with Crippen molar-refractivity contribution >= 4 is 5.91 Å². The highest BCUT2D eigenvalue weighted by Crippen LogP contribution is 2.29. The minimum absolute atomic E-state index is 0.0685. The van der Waals surface area contributed by atoms with Gasteiger partial charge in [0, 0.05) is 25.1 Å². The predicted molar refractivity (Wildman–Crippen MR) is 105 cm³/mol. The molecule has 2 aromatic carbocycles. The summed E-state index contributed by atoms with van der Waals surface area (Å²) in [7, 11) is 0. The van der Waals surface area contributed by atoms with Gasteiger partial charge in [0.25, 0.3) is 0 Å². The van der Waals surface area contributed by atoms with Crippen LogP contribution in [0.15, 0.2) is 59.1 Å². The second kappa shape index (κ2) is 7.84. The first kappa shape index (κ1) is 18.2. The van der Waals surface area contributed by atoms with Gasteiger partial charge in [-0.15, -0.1) is 0 Å². The normalized spacial score (nSPS) is 16.8. The summed E-state index contributed by atoms with van der Waals surface area (Å²) in [5.41, 5.74) is 1.97. The number of ether oxygens (including phenoxy) is 1. The van der Waals surface area contributed by atoms with Gasteiger partial charge in [-0.3, -0.25) is 4.79 Å². The molecule has 2 heterocycles. The van der Waals surface area contributed by atoms with Crippen molar-refractivity contribution in [3.8, 4) is 17.1 Å². The van der Waals surface area contributed by atoms with Crippen LogP contribution in [-0.4, -0.2) is 33.6 Å². The third kappa shape index (κ3) is 4.06. The Morgan fingerprint density at radius 3 is 2.61 bits per heavy atom. The number of hydrogen-bond acceptors (Lipinski definition) is 5. The van der Waals surface area contributed by atoms with Crippen LogP contribution in [0, 0.1) is 0 Å². The van der Waals surface area contributed by atoms with E-state index in [1.807, 2.05) is 73.3 Å². The highest BCUT2D eigenvalue weighted by atomic mass is 16.5. The Bertz CT molecular complexity index is 935. The number of aromatic nitrogens is 2. The molecule has 0 bridgehead atoms. The maximum absolute atomic E-state index is 12.5. The summed E-state index contributed by atoms with van der Waals surface area (Å²) >= 11 is 0. The van der Waals surface area contributed by atoms with Gasteiger partial charge in [-0.1, -0.05) is 47.6 Å². The zero-order chi connectivity index (χ0) is 19.5. The molecule has 28 heavy (non-hydrogen) atoms. The summed E-state index contributed by atoms with van der Waals surface area (Å²) < 4.78 is 11.1. The molecule has 0 aliphatic carbocycles. The number of benzene rings is 2. The van der Waals surface area contributed by atoms with Crippen molar-refractivity contribution < 1.29 is 14.1 Å². The van der Waals surface area contributed by atoms with Crippen LogP contribution < -0.4 is 4.74 Å². The largest absolute Gasteiger partial charge is 0.491 e. The van der Waals surface area contributed by atoms with Gasteiger partial charge in [-0.25, -0.2) is 0 Å². The fourth-order valence-electron chi connectivity index (χ4n) is 3.36. The van der Waals surface area contributed by atoms with Crippen LogP contribution in [0.5, 0.6) is 5.75 Å². The van der Waals surface area contributed by atoms with Crippen LogP contribution in [0.4, 0.5) is 0 Å². The summed E-state index contributed by atoms with van der Waals surface area (Å²) in [4.78, 5) is 18.8. The zero-order valence-corrected chi connectivity index (χ0v) is 16.0. The van der Waals surface area contributed by atoms with Crippen LogP contribution >= 0.6 is 0 Å². The van der Waals surface area contributed by atoms with E-state index in [9.17, 15) is 4.79 Å². The third-order valence-corrected chi connectivity index (χ3v) is 4.71. The molecule has 0 saturated carbocycles. The lowest BCUT2D eigenvalue weighted by molar-refractivity contribution is -0.128. The summed E-state index contributed by atoms with van der Waals surface area (Å²) in [6.07, 6.45) is 0.535. The minimum atomic E-state index is -0.0685. The van der Waals surface area contributed by atoms with Gasteiger partial charge in [-0.05, 0) is 31.5 Å². The van der Waals surface area contributed by atoms with Gasteiger partial charge < -0.3 is 14.2 Å². The topological polar surface area (TPSA) is 68.5 Å². The van der Waals surface area contributed by atoms with Gasteiger partial charge in [-0.2, -0.15) is 4.98 Å². The Hall–Kier alpha value is -3.15. The Balaban J connectivity index is 1.41. The van der Waals surface area contributed by atoms with Crippen molar-refractivity contribution in [2.24, 2.45) is 0 Å². The van der Waals surface area contributed by atoms with Gasteiger partial charge in [0.05, 0.1) is 12.0 Å². The second-order valence-electron chi connectivity index (χ2n) is 7.31. The first-order valence-electron chi connectivity index (χ1n) is 9.51. The van der Waals surface area contributed by atoms with E-state index in [1.54, 1.807) is 0 Å². The average Bonchev–Trinajstić information content (AvgIpc) is 3.31. The summed E-state index contributed by atoms with van der Waals surface area (Å²) in [5, 5.41) is 4.07. The van der Waals surface area contributed by atoms with Crippen LogP contribution in [-0.2, 0) is 11.3 Å². The molecule has 1 aliphatic heterocycles. The van der Waals surface area contributed by atoms with Crippen LogP contribution in [0.25, 0.3) is 11.4 Å². The summed E-state index contributed by atoms with van der Waals surface area (Å²) in [6.45, 7) is 5.14. The molecule has 0 N–H and O–H groups in total. The molecular formula is C22H23N3O3. The summed E-state index contributed by atoms with van der Waals surface area (Å²) in [6, 6.07) is 17.6. The molecule has 1 atom stereocenters. The fraction of sp³-hybridized carbons (Fsp3) is 0.318. The summed E-state index contributed by atoms with van der Waals surface area (Å²) in [5.74, 6) is 1.95. The minimum Gasteiger partial charge on any atom is -0.491 e. The molecule has 0 radical (unpaired) electrons. The number of likely N-dealkylation sites (tertiary alicyclic amines) is 1. The zero-order valence-electron chi connectivity index (χ0n) is 16.0. The number of carbonyl (C=O) groups is 1. The van der Waals surface area contributed by atoms with E-state index < -0.39 is 0 Å². The maximum atomic E-state index is 12.5. The number of nitrogens with zero attached hydrogens (tertiary/aromatic N) is 3. The molecule has 1 fully saturated rings. The smallest absolute Gasteiger partial charge is 0.232 e. The van der Waals surface area contributed by atoms with Crippen molar-refractivity contribution in [2.75, 3.05) is 6.54 Å². The van der Waals surface area contributed by atoms with Crippen molar-refractivity contribution in [3.05, 3.63) is 66.1 Å². The lowest BCUT2D eigenvalue weighted by atomic mass is 10.1. The number of amides is 1. The quantitative estimate of drug-likeness (QED) is 0.648. The Morgan fingerprint density at radius 1 is 1.14 bits per heavy atom. The first-order chi connectivity index (χ1) is 13.6. The molecule has 144 valence electrons. The van der Waals surface area contributed by atoms with Crippen molar-refractivity contribution in [3.63, 3.8) is 0 Å². The van der Waals surface area contributed by atoms with E-state index in [-0.39, 0.29) is 17.9 Å². The van der Waals surface area contributed by atoms with Crippen molar-refractivity contribution in [2.45, 2.75) is 38.8 Å². The average molecular weight is 377 g/mol. The lowest BCUT2D eigenvalue weighted by Crippen LogP contribution is -2.24. The molecule has 1 aliphatic rings. The number of rotatable bonds is 6. The first-order valence-corrected chi connectivity index (χ1v) is 9.51. The number of hydrogen-bond donors (Lipinski definition) is 0. The molecule has 3 aromatic rings. The van der Waals surface area contributed by atoms with Crippen LogP contribution in [0.3, 0.4) is 0 Å². The lowest BCUT2D eigenvalue weighted by Gasteiger charge is -2.16. The van der Waals surface area contributed by atoms with Crippen molar-refractivity contribution in [1.82, 2.24) is 15.0 Å². The Morgan fingerprint density at radius 2 is 1.89 bits per heavy atom. The van der Waals surface area contributed by atoms with E-state index >= 15 is 0 Å². The molecule has 6 nitrogen and oxygen atoms in total. The van der Waals surface area contributed by atoms with Gasteiger partial charge in [0.1, 0.15) is 5.75 Å². The fourth-order valence-corrected chi connectivity index (χ4v) is 3.36. The van der Waals surface area contributed by atoms with E-state index in [4.69, 9.17) is 9.26 Å². The standard InChI is InChI=1S/C22H23N3O3/c1-15(2)27-19-10-8-16(9-11-19)13-25-14-18(12-20(25)26)22-23-21(24-28-22)17-6-4-3-5-7-17/h3-11,15,18H,12-14H2,1-2H3. The van der Waals surface area contributed by atoms with E-state index in [2.05, 4.69) is 10.1 Å². The van der Waals surface area contributed by atoms with Gasteiger partial charge in [0.2, 0.25) is 17.6 Å². The highest BCUT2D eigenvalue weighted by molar-refractivity contribution is 5.79. The molecule has 1 amide bonds. The molecule has 1 unspecified atom stereocenters. The predicted octanol–water partition coefficient (Wildman–Crippen LogP) is 4.04. The number of carbonyl (C=O) groups excluding carboxylic acids is 1. The van der Waals surface area contributed by atoms with Crippen molar-refractivity contribution in [1.29, 1.82) is 0 Å². The second-order valence-corrected chi connectivity index (χ2v) is 7.31. The molecule has 0 spiro atoms. The molecule has 4 rings (SSSR count). The molecular weight excluding hydrogens is 354 g/mol. The third-order valence-electron chi connectivity index (χ3n) is 4.71. The molecule has 6 heteroatoms. The van der Waals surface area contributed by atoms with E-state index in [1.165, 1.54) is 0 Å². The maximum Gasteiger partial charge on any atom is 0.232 e.